The van der Waals surface area contributed by atoms with Gasteiger partial charge in [0.15, 0.2) is 0 Å². The molecule has 0 aliphatic heterocycles. The van der Waals surface area contributed by atoms with E-state index in [1.165, 1.54) is 0 Å². The fraction of sp³-hybridized carbons (Fsp3) is 0.100. The van der Waals surface area contributed by atoms with E-state index in [1.54, 1.807) is 36.7 Å². The monoisotopic (exact) mass is 237 g/mol. The highest BCUT2D eigenvalue weighted by molar-refractivity contribution is 7.92. The SMILES string of the molecule is CS(=O)(=O)Nc1ccc(-c2ncc[nH]2)cc1. The van der Waals surface area contributed by atoms with Crippen LogP contribution in [0.1, 0.15) is 0 Å². The first kappa shape index (κ1) is 10.7. The molecule has 16 heavy (non-hydrogen) atoms. The fourth-order valence-corrected chi connectivity index (χ4v) is 1.90. The van der Waals surface area contributed by atoms with Crippen LogP contribution in [0.15, 0.2) is 36.7 Å². The largest absolute Gasteiger partial charge is 0.345 e. The average molecular weight is 237 g/mol. The fourth-order valence-electron chi connectivity index (χ4n) is 1.33. The minimum Gasteiger partial charge on any atom is -0.345 e. The van der Waals surface area contributed by atoms with E-state index < -0.39 is 10.0 Å². The molecule has 0 bridgehead atoms. The third-order valence-electron chi connectivity index (χ3n) is 1.96. The van der Waals surface area contributed by atoms with Gasteiger partial charge in [-0.05, 0) is 24.3 Å². The Morgan fingerprint density at radius 2 is 1.94 bits per heavy atom. The normalized spacial score (nSPS) is 11.3. The number of anilines is 1. The van der Waals surface area contributed by atoms with Crippen molar-refractivity contribution in [1.29, 1.82) is 0 Å². The van der Waals surface area contributed by atoms with Crippen molar-refractivity contribution in [3.63, 3.8) is 0 Å². The first-order valence-electron chi connectivity index (χ1n) is 4.62. The highest BCUT2D eigenvalue weighted by atomic mass is 32.2. The molecule has 1 aromatic heterocycles. The third kappa shape index (κ3) is 2.60. The van der Waals surface area contributed by atoms with E-state index in [-0.39, 0.29) is 0 Å². The van der Waals surface area contributed by atoms with E-state index in [2.05, 4.69) is 14.7 Å². The van der Waals surface area contributed by atoms with Crippen LogP contribution in [-0.2, 0) is 10.0 Å². The minimum atomic E-state index is -3.22. The lowest BCUT2D eigenvalue weighted by molar-refractivity contribution is 0.607. The van der Waals surface area contributed by atoms with Gasteiger partial charge in [0.25, 0.3) is 0 Å². The first-order valence-corrected chi connectivity index (χ1v) is 6.51. The number of aromatic nitrogens is 2. The lowest BCUT2D eigenvalue weighted by Gasteiger charge is -2.04. The van der Waals surface area contributed by atoms with Crippen molar-refractivity contribution in [2.24, 2.45) is 0 Å². The summed E-state index contributed by atoms with van der Waals surface area (Å²) >= 11 is 0. The maximum Gasteiger partial charge on any atom is 0.229 e. The van der Waals surface area contributed by atoms with Crippen molar-refractivity contribution >= 4 is 15.7 Å². The molecule has 5 nitrogen and oxygen atoms in total. The Labute approximate surface area is 93.6 Å². The van der Waals surface area contributed by atoms with Crippen molar-refractivity contribution in [2.75, 3.05) is 11.0 Å². The van der Waals surface area contributed by atoms with Crippen LogP contribution < -0.4 is 4.72 Å². The van der Waals surface area contributed by atoms with Crippen molar-refractivity contribution in [2.45, 2.75) is 0 Å². The molecular formula is C10H11N3O2S. The molecule has 0 aliphatic rings. The van der Waals surface area contributed by atoms with E-state index in [0.717, 1.165) is 17.6 Å². The minimum absolute atomic E-state index is 0.540. The molecule has 2 N–H and O–H groups in total. The van der Waals surface area contributed by atoms with Gasteiger partial charge in [0, 0.05) is 23.6 Å². The number of rotatable bonds is 3. The smallest absolute Gasteiger partial charge is 0.229 e. The first-order chi connectivity index (χ1) is 7.54. The van der Waals surface area contributed by atoms with Crippen molar-refractivity contribution in [3.05, 3.63) is 36.7 Å². The van der Waals surface area contributed by atoms with Gasteiger partial charge in [-0.1, -0.05) is 0 Å². The lowest BCUT2D eigenvalue weighted by atomic mass is 10.2. The average Bonchev–Trinajstić information content (AvgIpc) is 2.69. The molecule has 0 spiro atoms. The molecule has 0 atom stereocenters. The predicted molar refractivity (Wildman–Crippen MR) is 62.5 cm³/mol. The number of nitrogens with one attached hydrogen (secondary N) is 2. The highest BCUT2D eigenvalue weighted by Crippen LogP contribution is 2.17. The zero-order chi connectivity index (χ0) is 11.6. The Hall–Kier alpha value is -1.82. The summed E-state index contributed by atoms with van der Waals surface area (Å²) in [6.07, 6.45) is 4.52. The molecule has 2 rings (SSSR count). The summed E-state index contributed by atoms with van der Waals surface area (Å²) in [5.74, 6) is 0.755. The van der Waals surface area contributed by atoms with Crippen LogP contribution >= 0.6 is 0 Å². The van der Waals surface area contributed by atoms with E-state index in [0.29, 0.717) is 5.69 Å². The molecule has 6 heteroatoms. The van der Waals surface area contributed by atoms with Crippen molar-refractivity contribution < 1.29 is 8.42 Å². The molecule has 0 fully saturated rings. The predicted octanol–water partition coefficient (Wildman–Crippen LogP) is 1.45. The summed E-state index contributed by atoms with van der Waals surface area (Å²) in [5.41, 5.74) is 1.45. The molecule has 1 aromatic carbocycles. The summed E-state index contributed by atoms with van der Waals surface area (Å²) < 4.78 is 24.4. The second-order valence-corrected chi connectivity index (χ2v) is 5.14. The lowest BCUT2D eigenvalue weighted by Crippen LogP contribution is -2.09. The molecule has 0 saturated carbocycles. The second kappa shape index (κ2) is 3.97. The second-order valence-electron chi connectivity index (χ2n) is 3.39. The van der Waals surface area contributed by atoms with Gasteiger partial charge >= 0.3 is 0 Å². The van der Waals surface area contributed by atoms with Crippen molar-refractivity contribution in [3.8, 4) is 11.4 Å². The number of imidazole rings is 1. The Morgan fingerprint density at radius 3 is 2.44 bits per heavy atom. The Kier molecular flexibility index (Phi) is 2.66. The zero-order valence-electron chi connectivity index (χ0n) is 8.64. The maximum absolute atomic E-state index is 11.0. The summed E-state index contributed by atoms with van der Waals surface area (Å²) in [6, 6.07) is 6.98. The molecule has 84 valence electrons. The topological polar surface area (TPSA) is 74.8 Å². The quantitative estimate of drug-likeness (QED) is 0.848. The zero-order valence-corrected chi connectivity index (χ0v) is 9.45. The molecule has 0 unspecified atom stereocenters. The van der Waals surface area contributed by atoms with Gasteiger partial charge in [-0.25, -0.2) is 13.4 Å². The number of hydrogen-bond donors (Lipinski definition) is 2. The van der Waals surface area contributed by atoms with Crippen LogP contribution in [0.2, 0.25) is 0 Å². The standard InChI is InChI=1S/C10H11N3O2S/c1-16(14,15)13-9-4-2-8(3-5-9)10-11-6-7-12-10/h2-7,13H,1H3,(H,11,12). The van der Waals surface area contributed by atoms with E-state index in [4.69, 9.17) is 0 Å². The maximum atomic E-state index is 11.0. The number of benzene rings is 1. The number of nitrogens with zero attached hydrogens (tertiary/aromatic N) is 1. The number of H-pyrrole nitrogens is 1. The van der Waals surface area contributed by atoms with E-state index in [9.17, 15) is 8.42 Å². The third-order valence-corrected chi connectivity index (χ3v) is 2.57. The van der Waals surface area contributed by atoms with Crippen molar-refractivity contribution in [1.82, 2.24) is 9.97 Å². The van der Waals surface area contributed by atoms with Gasteiger partial charge in [0.05, 0.1) is 6.26 Å². The van der Waals surface area contributed by atoms with Crippen LogP contribution in [0.4, 0.5) is 5.69 Å². The van der Waals surface area contributed by atoms with Crippen LogP contribution in [0.5, 0.6) is 0 Å². The summed E-state index contributed by atoms with van der Waals surface area (Å²) in [7, 11) is -3.22. The van der Waals surface area contributed by atoms with Gasteiger partial charge < -0.3 is 4.98 Å². The highest BCUT2D eigenvalue weighted by Gasteiger charge is 2.03. The van der Waals surface area contributed by atoms with Gasteiger partial charge in [0.2, 0.25) is 10.0 Å². The van der Waals surface area contributed by atoms with Gasteiger partial charge in [-0.2, -0.15) is 0 Å². The van der Waals surface area contributed by atoms with Gasteiger partial charge in [-0.3, -0.25) is 4.72 Å². The van der Waals surface area contributed by atoms with Crippen LogP contribution in [0.3, 0.4) is 0 Å². The number of hydrogen-bond acceptors (Lipinski definition) is 3. The number of aromatic amines is 1. The van der Waals surface area contributed by atoms with E-state index >= 15 is 0 Å². The molecule has 2 aromatic rings. The summed E-state index contributed by atoms with van der Waals surface area (Å²) in [6.45, 7) is 0. The molecular weight excluding hydrogens is 226 g/mol. The Morgan fingerprint density at radius 1 is 1.25 bits per heavy atom. The Balaban J connectivity index is 2.24. The van der Waals surface area contributed by atoms with Crippen LogP contribution in [-0.4, -0.2) is 24.6 Å². The molecule has 0 aliphatic carbocycles. The van der Waals surface area contributed by atoms with Crippen LogP contribution in [0.25, 0.3) is 11.4 Å². The summed E-state index contributed by atoms with van der Waals surface area (Å²) in [4.78, 5) is 7.07. The van der Waals surface area contributed by atoms with E-state index in [1.807, 2.05) is 0 Å². The van der Waals surface area contributed by atoms with Crippen LogP contribution in [0, 0.1) is 0 Å². The molecule has 0 saturated heterocycles. The molecule has 1 heterocycles. The Bertz CT molecular complexity index is 559. The molecule has 0 amide bonds. The van der Waals surface area contributed by atoms with Gasteiger partial charge in [-0.15, -0.1) is 0 Å². The summed E-state index contributed by atoms with van der Waals surface area (Å²) in [5, 5.41) is 0. The molecule has 0 radical (unpaired) electrons. The van der Waals surface area contributed by atoms with Gasteiger partial charge in [0.1, 0.15) is 5.82 Å². The number of sulfonamides is 1.